The summed E-state index contributed by atoms with van der Waals surface area (Å²) >= 11 is 0. The first-order valence-electron chi connectivity index (χ1n) is 8.11. The highest BCUT2D eigenvalue weighted by molar-refractivity contribution is 5.74. The molecule has 8 heteroatoms. The fourth-order valence-electron chi connectivity index (χ4n) is 3.44. The third-order valence-corrected chi connectivity index (χ3v) is 4.57. The topological polar surface area (TPSA) is 89.1 Å². The van der Waals surface area contributed by atoms with Crippen molar-refractivity contribution in [3.8, 4) is 0 Å². The van der Waals surface area contributed by atoms with Crippen molar-refractivity contribution in [2.75, 3.05) is 6.54 Å². The maximum Gasteiger partial charge on any atom is 0.318 e. The number of carbonyl (C=O) groups is 1. The van der Waals surface area contributed by atoms with Gasteiger partial charge >= 0.3 is 6.03 Å². The van der Waals surface area contributed by atoms with E-state index in [4.69, 9.17) is 4.52 Å². The summed E-state index contributed by atoms with van der Waals surface area (Å²) < 4.78 is 7.44. The van der Waals surface area contributed by atoms with Crippen LogP contribution in [0.4, 0.5) is 4.79 Å². The molecule has 2 amide bonds. The molecular weight excluding hydrogens is 296 g/mol. The Hall–Kier alpha value is -2.38. The highest BCUT2D eigenvalue weighted by Crippen LogP contribution is 2.32. The van der Waals surface area contributed by atoms with Gasteiger partial charge in [0.1, 0.15) is 5.82 Å². The van der Waals surface area contributed by atoms with Gasteiger partial charge in [-0.1, -0.05) is 5.16 Å². The Balaban J connectivity index is 1.42. The molecule has 0 aromatic carbocycles. The second-order valence-electron chi connectivity index (χ2n) is 6.17. The van der Waals surface area contributed by atoms with Crippen molar-refractivity contribution < 1.29 is 9.32 Å². The van der Waals surface area contributed by atoms with Gasteiger partial charge in [0.25, 0.3) is 0 Å². The van der Waals surface area contributed by atoms with Crippen molar-refractivity contribution in [2.24, 2.45) is 0 Å². The Morgan fingerprint density at radius 3 is 3.13 bits per heavy atom. The number of nitrogens with zero attached hydrogens (tertiary/aromatic N) is 5. The predicted molar refractivity (Wildman–Crippen MR) is 80.5 cm³/mol. The largest absolute Gasteiger partial charge is 0.359 e. The number of hydrogen-bond donors (Lipinski definition) is 1. The summed E-state index contributed by atoms with van der Waals surface area (Å²) in [4.78, 5) is 14.3. The van der Waals surface area contributed by atoms with E-state index < -0.39 is 0 Å². The fourth-order valence-corrected chi connectivity index (χ4v) is 3.44. The Bertz CT molecular complexity index is 721. The summed E-state index contributed by atoms with van der Waals surface area (Å²) in [7, 11) is 0. The molecule has 8 nitrogen and oxygen atoms in total. The van der Waals surface area contributed by atoms with Gasteiger partial charge in [0.2, 0.25) is 0 Å². The number of fused-ring (bicyclic) bond motifs is 1. The summed E-state index contributed by atoms with van der Waals surface area (Å²) in [6, 6.07) is 1.79. The monoisotopic (exact) mass is 316 g/mol. The first-order chi connectivity index (χ1) is 11.2. The van der Waals surface area contributed by atoms with E-state index >= 15 is 0 Å². The molecule has 2 aliphatic heterocycles. The number of urea groups is 1. The van der Waals surface area contributed by atoms with Crippen LogP contribution in [-0.4, -0.2) is 37.4 Å². The number of amides is 2. The molecule has 0 radical (unpaired) electrons. The van der Waals surface area contributed by atoms with Gasteiger partial charge in [0, 0.05) is 25.6 Å². The normalized spacial score (nSPS) is 20.0. The van der Waals surface area contributed by atoms with Crippen LogP contribution >= 0.6 is 0 Å². The Morgan fingerprint density at radius 1 is 1.39 bits per heavy atom. The Kier molecular flexibility index (Phi) is 3.51. The molecule has 0 spiro atoms. The number of carbonyl (C=O) groups excluding carboxylic acids is 1. The van der Waals surface area contributed by atoms with E-state index in [1.165, 1.54) is 0 Å². The number of nitrogens with one attached hydrogen (secondary N) is 1. The van der Waals surface area contributed by atoms with E-state index in [0.29, 0.717) is 6.54 Å². The zero-order chi connectivity index (χ0) is 15.8. The summed E-state index contributed by atoms with van der Waals surface area (Å²) in [5.41, 5.74) is 0.839. The van der Waals surface area contributed by atoms with Crippen LogP contribution in [0, 0.1) is 6.92 Å². The van der Waals surface area contributed by atoms with Crippen molar-refractivity contribution in [3.63, 3.8) is 0 Å². The molecule has 0 bridgehead atoms. The number of rotatable bonds is 3. The highest BCUT2D eigenvalue weighted by atomic mass is 16.5. The zero-order valence-corrected chi connectivity index (χ0v) is 13.2. The quantitative estimate of drug-likeness (QED) is 0.928. The molecule has 4 rings (SSSR count). The van der Waals surface area contributed by atoms with E-state index in [1.807, 2.05) is 17.9 Å². The highest BCUT2D eigenvalue weighted by Gasteiger charge is 2.32. The lowest BCUT2D eigenvalue weighted by molar-refractivity contribution is 0.181. The van der Waals surface area contributed by atoms with Crippen LogP contribution in [0.2, 0.25) is 0 Å². The van der Waals surface area contributed by atoms with Gasteiger partial charge in [-0.15, -0.1) is 10.2 Å². The van der Waals surface area contributed by atoms with Gasteiger partial charge in [-0.05, 0) is 26.2 Å². The minimum Gasteiger partial charge on any atom is -0.359 e. The van der Waals surface area contributed by atoms with Crippen LogP contribution in [0.25, 0.3) is 0 Å². The molecule has 1 saturated heterocycles. The number of aromatic nitrogens is 4. The van der Waals surface area contributed by atoms with Crippen LogP contribution in [0.5, 0.6) is 0 Å². The molecule has 0 saturated carbocycles. The van der Waals surface area contributed by atoms with Crippen molar-refractivity contribution in [2.45, 2.75) is 51.7 Å². The standard InChI is InChI=1S/C15H20N6O2/c1-10-8-12(23-19-10)11-4-2-6-20(11)15(22)16-9-14-18-17-13-5-3-7-21(13)14/h8,11H,2-7,9H2,1H3,(H,16,22). The minimum atomic E-state index is -0.0862. The summed E-state index contributed by atoms with van der Waals surface area (Å²) in [6.07, 6.45) is 3.95. The molecule has 4 heterocycles. The third-order valence-electron chi connectivity index (χ3n) is 4.57. The van der Waals surface area contributed by atoms with Gasteiger partial charge in [-0.3, -0.25) is 0 Å². The van der Waals surface area contributed by atoms with E-state index in [-0.39, 0.29) is 12.1 Å². The summed E-state index contributed by atoms with van der Waals surface area (Å²) in [5, 5.41) is 15.2. The fraction of sp³-hybridized carbons (Fsp3) is 0.600. The molecule has 1 N–H and O–H groups in total. The summed E-state index contributed by atoms with van der Waals surface area (Å²) in [6.45, 7) is 3.97. The molecule has 2 aliphatic rings. The molecule has 1 unspecified atom stereocenters. The van der Waals surface area contributed by atoms with Crippen LogP contribution in [-0.2, 0) is 19.5 Å². The van der Waals surface area contributed by atoms with Crippen molar-refractivity contribution in [3.05, 3.63) is 29.2 Å². The van der Waals surface area contributed by atoms with Gasteiger partial charge in [-0.2, -0.15) is 0 Å². The molecule has 2 aromatic rings. The summed E-state index contributed by atoms with van der Waals surface area (Å²) in [5.74, 6) is 2.61. The molecular formula is C15H20N6O2. The molecule has 1 atom stereocenters. The average Bonchev–Trinajstić information content (AvgIpc) is 3.29. The van der Waals surface area contributed by atoms with Gasteiger partial charge < -0.3 is 19.3 Å². The van der Waals surface area contributed by atoms with Gasteiger partial charge in [0.15, 0.2) is 11.6 Å². The molecule has 0 aliphatic carbocycles. The number of hydrogen-bond acceptors (Lipinski definition) is 5. The lowest BCUT2D eigenvalue weighted by atomic mass is 10.1. The van der Waals surface area contributed by atoms with E-state index in [9.17, 15) is 4.79 Å². The molecule has 2 aromatic heterocycles. The number of likely N-dealkylation sites (tertiary alicyclic amines) is 1. The lowest BCUT2D eigenvalue weighted by Crippen LogP contribution is -2.39. The second-order valence-corrected chi connectivity index (χ2v) is 6.17. The van der Waals surface area contributed by atoms with Crippen LogP contribution in [0.3, 0.4) is 0 Å². The predicted octanol–water partition coefficient (Wildman–Crippen LogP) is 1.57. The zero-order valence-electron chi connectivity index (χ0n) is 13.2. The number of aryl methyl sites for hydroxylation is 2. The first kappa shape index (κ1) is 14.2. The average molecular weight is 316 g/mol. The first-order valence-corrected chi connectivity index (χ1v) is 8.11. The molecule has 23 heavy (non-hydrogen) atoms. The van der Waals surface area contributed by atoms with Gasteiger partial charge in [0.05, 0.1) is 18.3 Å². The van der Waals surface area contributed by atoms with Crippen LogP contribution < -0.4 is 5.32 Å². The lowest BCUT2D eigenvalue weighted by Gasteiger charge is -2.22. The smallest absolute Gasteiger partial charge is 0.318 e. The Morgan fingerprint density at radius 2 is 2.30 bits per heavy atom. The maximum atomic E-state index is 12.5. The van der Waals surface area contributed by atoms with Crippen LogP contribution in [0.1, 0.15) is 48.4 Å². The third kappa shape index (κ3) is 2.58. The van der Waals surface area contributed by atoms with Crippen molar-refractivity contribution >= 4 is 6.03 Å². The van der Waals surface area contributed by atoms with E-state index in [0.717, 1.165) is 61.9 Å². The Labute approximate surface area is 133 Å². The molecule has 122 valence electrons. The maximum absolute atomic E-state index is 12.5. The minimum absolute atomic E-state index is 0.0275. The molecule has 1 fully saturated rings. The SMILES string of the molecule is Cc1cc(C2CCCN2C(=O)NCc2nnc3n2CCC3)on1. The van der Waals surface area contributed by atoms with Crippen molar-refractivity contribution in [1.29, 1.82) is 0 Å². The second kappa shape index (κ2) is 5.68. The van der Waals surface area contributed by atoms with E-state index in [2.05, 4.69) is 25.2 Å². The van der Waals surface area contributed by atoms with Crippen molar-refractivity contribution in [1.82, 2.24) is 30.1 Å². The van der Waals surface area contributed by atoms with Gasteiger partial charge in [-0.25, -0.2) is 4.79 Å². The van der Waals surface area contributed by atoms with E-state index in [1.54, 1.807) is 0 Å². The van der Waals surface area contributed by atoms with Crippen LogP contribution in [0.15, 0.2) is 10.6 Å².